The van der Waals surface area contributed by atoms with Gasteiger partial charge in [0, 0.05) is 32.5 Å². The van der Waals surface area contributed by atoms with Crippen LogP contribution in [0.3, 0.4) is 0 Å². The van der Waals surface area contributed by atoms with Crippen LogP contribution in [0.25, 0.3) is 0 Å². The molecule has 0 bridgehead atoms. The Balaban J connectivity index is 1.79. The van der Waals surface area contributed by atoms with Gasteiger partial charge in [-0.25, -0.2) is 0 Å². The van der Waals surface area contributed by atoms with E-state index in [1.807, 2.05) is 4.90 Å². The molecule has 0 aliphatic carbocycles. The summed E-state index contributed by atoms with van der Waals surface area (Å²) in [7, 11) is 1.58. The van der Waals surface area contributed by atoms with Gasteiger partial charge >= 0.3 is 0 Å². The molecule has 2 saturated heterocycles. The van der Waals surface area contributed by atoms with Crippen LogP contribution in [-0.4, -0.2) is 61.2 Å². The summed E-state index contributed by atoms with van der Waals surface area (Å²) in [6.07, 6.45) is 4.18. The van der Waals surface area contributed by atoms with Crippen molar-refractivity contribution in [1.29, 1.82) is 0 Å². The number of carbonyl (C=O) groups excluding carboxylic acids is 1. The molecule has 132 valence electrons. The Morgan fingerprint density at radius 3 is 2.83 bits per heavy atom. The summed E-state index contributed by atoms with van der Waals surface area (Å²) in [4.78, 5) is 26.7. The summed E-state index contributed by atoms with van der Waals surface area (Å²) in [5.74, 6) is -0.0787. The van der Waals surface area contributed by atoms with Crippen molar-refractivity contribution in [2.24, 2.45) is 0 Å². The van der Waals surface area contributed by atoms with E-state index >= 15 is 0 Å². The minimum atomic E-state index is -0.339. The molecule has 2 aliphatic rings. The number of piperidine rings is 1. The highest BCUT2D eigenvalue weighted by atomic mass is 16.7. The van der Waals surface area contributed by atoms with Gasteiger partial charge < -0.3 is 23.7 Å². The first-order valence-corrected chi connectivity index (χ1v) is 8.44. The SMILES string of the molecule is COCCn1cc(C(=O)N2CCCCC2C2OCCO2)ccc1=O. The third-order valence-corrected chi connectivity index (χ3v) is 4.54. The Bertz CT molecular complexity index is 624. The van der Waals surface area contributed by atoms with E-state index in [1.165, 1.54) is 10.6 Å². The quantitative estimate of drug-likeness (QED) is 0.798. The van der Waals surface area contributed by atoms with Crippen molar-refractivity contribution >= 4 is 5.91 Å². The zero-order valence-electron chi connectivity index (χ0n) is 14.0. The fraction of sp³-hybridized carbons (Fsp3) is 0.647. The molecular formula is C17H24N2O5. The largest absolute Gasteiger partial charge is 0.383 e. The fourth-order valence-electron chi connectivity index (χ4n) is 3.28. The zero-order valence-corrected chi connectivity index (χ0v) is 14.0. The maximum atomic E-state index is 13.0. The molecule has 1 unspecified atom stereocenters. The molecular weight excluding hydrogens is 312 g/mol. The summed E-state index contributed by atoms with van der Waals surface area (Å²) in [5, 5.41) is 0. The number of methoxy groups -OCH3 is 1. The second kappa shape index (κ2) is 7.92. The van der Waals surface area contributed by atoms with Crippen LogP contribution >= 0.6 is 0 Å². The van der Waals surface area contributed by atoms with Crippen molar-refractivity contribution in [2.75, 3.05) is 33.5 Å². The number of hydrogen-bond donors (Lipinski definition) is 0. The van der Waals surface area contributed by atoms with Crippen LogP contribution < -0.4 is 5.56 Å². The van der Waals surface area contributed by atoms with Crippen molar-refractivity contribution in [3.8, 4) is 0 Å². The van der Waals surface area contributed by atoms with Crippen LogP contribution in [0.4, 0.5) is 0 Å². The molecule has 0 N–H and O–H groups in total. The summed E-state index contributed by atoms with van der Waals surface area (Å²) >= 11 is 0. The van der Waals surface area contributed by atoms with E-state index in [-0.39, 0.29) is 23.8 Å². The van der Waals surface area contributed by atoms with Crippen LogP contribution in [-0.2, 0) is 20.8 Å². The van der Waals surface area contributed by atoms with Gasteiger partial charge in [-0.3, -0.25) is 9.59 Å². The summed E-state index contributed by atoms with van der Waals surface area (Å²) in [6, 6.07) is 2.97. The minimum absolute atomic E-state index is 0.0619. The molecule has 7 nitrogen and oxygen atoms in total. The number of amides is 1. The van der Waals surface area contributed by atoms with Crippen LogP contribution in [0, 0.1) is 0 Å². The van der Waals surface area contributed by atoms with Crippen LogP contribution in [0.2, 0.25) is 0 Å². The highest BCUT2D eigenvalue weighted by molar-refractivity contribution is 5.94. The molecule has 3 rings (SSSR count). The Kier molecular flexibility index (Phi) is 5.65. The number of rotatable bonds is 5. The second-order valence-electron chi connectivity index (χ2n) is 6.11. The molecule has 1 aromatic rings. The third kappa shape index (κ3) is 3.68. The van der Waals surface area contributed by atoms with E-state index in [2.05, 4.69) is 0 Å². The first-order chi connectivity index (χ1) is 11.7. The van der Waals surface area contributed by atoms with Crippen LogP contribution in [0.1, 0.15) is 29.6 Å². The molecule has 1 aromatic heterocycles. The molecule has 3 heterocycles. The van der Waals surface area contributed by atoms with Crippen LogP contribution in [0.15, 0.2) is 23.1 Å². The third-order valence-electron chi connectivity index (χ3n) is 4.54. The van der Waals surface area contributed by atoms with Gasteiger partial charge in [-0.2, -0.15) is 0 Å². The number of aromatic nitrogens is 1. The summed E-state index contributed by atoms with van der Waals surface area (Å²) in [5.41, 5.74) is 0.372. The van der Waals surface area contributed by atoms with E-state index in [4.69, 9.17) is 14.2 Å². The lowest BCUT2D eigenvalue weighted by Crippen LogP contribution is -2.50. The molecule has 0 spiro atoms. The number of hydrogen-bond acceptors (Lipinski definition) is 5. The van der Waals surface area contributed by atoms with E-state index in [0.717, 1.165) is 19.3 Å². The predicted octanol–water partition coefficient (Wildman–Crippen LogP) is 0.862. The molecule has 2 aliphatic heterocycles. The second-order valence-corrected chi connectivity index (χ2v) is 6.11. The van der Waals surface area contributed by atoms with Gasteiger partial charge in [-0.05, 0) is 25.3 Å². The zero-order chi connectivity index (χ0) is 16.9. The summed E-state index contributed by atoms with van der Waals surface area (Å²) < 4.78 is 17.8. The number of carbonyl (C=O) groups is 1. The van der Waals surface area contributed by atoms with Crippen molar-refractivity contribution < 1.29 is 19.0 Å². The van der Waals surface area contributed by atoms with Gasteiger partial charge in [0.25, 0.3) is 11.5 Å². The maximum absolute atomic E-state index is 13.0. The molecule has 1 amide bonds. The maximum Gasteiger partial charge on any atom is 0.255 e. The lowest BCUT2D eigenvalue weighted by Gasteiger charge is -2.38. The Morgan fingerprint density at radius 1 is 1.29 bits per heavy atom. The van der Waals surface area contributed by atoms with Gasteiger partial charge in [-0.15, -0.1) is 0 Å². The lowest BCUT2D eigenvalue weighted by atomic mass is 10.0. The predicted molar refractivity (Wildman–Crippen MR) is 86.9 cm³/mol. The highest BCUT2D eigenvalue weighted by Gasteiger charge is 2.36. The van der Waals surface area contributed by atoms with Crippen molar-refractivity contribution in [3.63, 3.8) is 0 Å². The number of likely N-dealkylation sites (tertiary alicyclic amines) is 1. The van der Waals surface area contributed by atoms with Gasteiger partial charge in [0.05, 0.1) is 31.4 Å². The number of pyridine rings is 1. The first kappa shape index (κ1) is 17.1. The monoisotopic (exact) mass is 336 g/mol. The smallest absolute Gasteiger partial charge is 0.255 e. The normalized spacial score (nSPS) is 22.0. The average Bonchev–Trinajstić information content (AvgIpc) is 3.15. The molecule has 24 heavy (non-hydrogen) atoms. The van der Waals surface area contributed by atoms with E-state index < -0.39 is 0 Å². The molecule has 0 radical (unpaired) electrons. The molecule has 0 saturated carbocycles. The van der Waals surface area contributed by atoms with E-state index in [1.54, 1.807) is 19.4 Å². The Hall–Kier alpha value is -1.70. The van der Waals surface area contributed by atoms with E-state index in [0.29, 0.717) is 38.5 Å². The number of nitrogens with zero attached hydrogens (tertiary/aromatic N) is 2. The van der Waals surface area contributed by atoms with Gasteiger partial charge in [0.15, 0.2) is 6.29 Å². The molecule has 1 atom stereocenters. The minimum Gasteiger partial charge on any atom is -0.383 e. The van der Waals surface area contributed by atoms with Gasteiger partial charge in [0.1, 0.15) is 0 Å². The summed E-state index contributed by atoms with van der Waals surface area (Å²) in [6.45, 7) is 2.68. The Morgan fingerprint density at radius 2 is 2.08 bits per heavy atom. The van der Waals surface area contributed by atoms with Crippen molar-refractivity contribution in [1.82, 2.24) is 9.47 Å². The van der Waals surface area contributed by atoms with Crippen molar-refractivity contribution in [3.05, 3.63) is 34.2 Å². The topological polar surface area (TPSA) is 70.0 Å². The number of ether oxygens (including phenoxy) is 3. The lowest BCUT2D eigenvalue weighted by molar-refractivity contribution is -0.100. The Labute approximate surface area is 141 Å². The standard InChI is InChI=1S/C17H24N2O5/c1-22-9-8-18-12-13(5-6-15(18)20)16(21)19-7-3-2-4-14(19)17-23-10-11-24-17/h5-6,12,14,17H,2-4,7-11H2,1H3. The molecule has 0 aromatic carbocycles. The van der Waals surface area contributed by atoms with Gasteiger partial charge in [0.2, 0.25) is 0 Å². The van der Waals surface area contributed by atoms with Crippen LogP contribution in [0.5, 0.6) is 0 Å². The van der Waals surface area contributed by atoms with Crippen molar-refractivity contribution in [2.45, 2.75) is 38.1 Å². The molecule has 2 fully saturated rings. The average molecular weight is 336 g/mol. The van der Waals surface area contributed by atoms with E-state index in [9.17, 15) is 9.59 Å². The molecule has 7 heteroatoms. The highest BCUT2D eigenvalue weighted by Crippen LogP contribution is 2.25. The van der Waals surface area contributed by atoms with Gasteiger partial charge in [-0.1, -0.05) is 0 Å². The fourth-order valence-corrected chi connectivity index (χ4v) is 3.28. The first-order valence-electron chi connectivity index (χ1n) is 8.44.